The molecule has 8 heteroatoms. The number of hydrogen-bond donors (Lipinski definition) is 2. The normalized spacial score (nSPS) is 15.0. The van der Waals surface area contributed by atoms with Crippen LogP contribution in [0.5, 0.6) is 5.75 Å². The van der Waals surface area contributed by atoms with E-state index in [4.69, 9.17) is 14.9 Å². The van der Waals surface area contributed by atoms with Crippen molar-refractivity contribution >= 4 is 15.7 Å². The Hall–Kier alpha value is -1.35. The number of likely N-dealkylation sites (N-methyl/N-ethyl adjacent to an activating group) is 1. The highest BCUT2D eigenvalue weighted by molar-refractivity contribution is 7.89. The maximum absolute atomic E-state index is 12.5. The number of nitrogens with zero attached hydrogens (tertiary/aromatic N) is 2. The third-order valence-electron chi connectivity index (χ3n) is 3.36. The third-order valence-corrected chi connectivity index (χ3v) is 5.26. The van der Waals surface area contributed by atoms with E-state index in [0.717, 1.165) is 9.99 Å². The molecule has 21 heavy (non-hydrogen) atoms. The van der Waals surface area contributed by atoms with Crippen molar-refractivity contribution in [1.29, 1.82) is 0 Å². The topological polar surface area (TPSA) is 90.3 Å². The molecule has 7 nitrogen and oxygen atoms in total. The van der Waals surface area contributed by atoms with Crippen molar-refractivity contribution in [2.75, 3.05) is 51.4 Å². The minimum atomic E-state index is -3.75. The van der Waals surface area contributed by atoms with Crippen LogP contribution in [0.25, 0.3) is 0 Å². The lowest BCUT2D eigenvalue weighted by Crippen LogP contribution is -2.36. The smallest absolute Gasteiger partial charge is 0.243 e. The van der Waals surface area contributed by atoms with Crippen molar-refractivity contribution in [1.82, 2.24) is 4.31 Å². The molecule has 0 amide bonds. The van der Waals surface area contributed by atoms with E-state index in [1.165, 1.54) is 6.07 Å². The summed E-state index contributed by atoms with van der Waals surface area (Å²) in [5.41, 5.74) is 0.718. The van der Waals surface area contributed by atoms with E-state index in [1.807, 2.05) is 11.9 Å². The van der Waals surface area contributed by atoms with Crippen molar-refractivity contribution in [3.8, 4) is 5.75 Å². The van der Waals surface area contributed by atoms with Crippen LogP contribution in [0.4, 0.5) is 5.69 Å². The van der Waals surface area contributed by atoms with Gasteiger partial charge in [0.15, 0.2) is 0 Å². The first-order valence-corrected chi connectivity index (χ1v) is 8.14. The first kappa shape index (κ1) is 16.0. The van der Waals surface area contributed by atoms with Crippen LogP contribution >= 0.6 is 0 Å². The highest BCUT2D eigenvalue weighted by atomic mass is 32.2. The second kappa shape index (κ2) is 6.61. The number of rotatable bonds is 6. The van der Waals surface area contributed by atoms with Gasteiger partial charge >= 0.3 is 0 Å². The van der Waals surface area contributed by atoms with Crippen LogP contribution in [0.3, 0.4) is 0 Å². The molecular weight excluding hydrogens is 296 g/mol. The minimum Gasteiger partial charge on any atom is -0.490 e. The van der Waals surface area contributed by atoms with Crippen LogP contribution in [-0.4, -0.2) is 69.4 Å². The molecule has 0 saturated heterocycles. The van der Waals surface area contributed by atoms with Crippen molar-refractivity contribution in [3.05, 3.63) is 18.2 Å². The van der Waals surface area contributed by atoms with E-state index >= 15 is 0 Å². The summed E-state index contributed by atoms with van der Waals surface area (Å²) in [6.07, 6.45) is 0. The quantitative estimate of drug-likeness (QED) is 0.735. The van der Waals surface area contributed by atoms with Gasteiger partial charge in [-0.3, -0.25) is 0 Å². The zero-order valence-electron chi connectivity index (χ0n) is 11.9. The monoisotopic (exact) mass is 316 g/mol. The molecule has 0 aromatic heterocycles. The highest BCUT2D eigenvalue weighted by Gasteiger charge is 2.26. The van der Waals surface area contributed by atoms with Gasteiger partial charge in [0.05, 0.1) is 30.3 Å². The summed E-state index contributed by atoms with van der Waals surface area (Å²) >= 11 is 0. The molecule has 0 fully saturated rings. The van der Waals surface area contributed by atoms with Gasteiger partial charge in [-0.15, -0.1) is 0 Å². The summed E-state index contributed by atoms with van der Waals surface area (Å²) in [6, 6.07) is 4.68. The van der Waals surface area contributed by atoms with Crippen LogP contribution in [0.1, 0.15) is 0 Å². The Balaban J connectivity index is 2.37. The van der Waals surface area contributed by atoms with Gasteiger partial charge in [0, 0.05) is 20.1 Å². The number of sulfonamides is 1. The molecule has 118 valence electrons. The zero-order valence-corrected chi connectivity index (χ0v) is 12.7. The van der Waals surface area contributed by atoms with Crippen molar-refractivity contribution in [2.24, 2.45) is 0 Å². The zero-order chi connectivity index (χ0) is 15.5. The number of hydrogen-bond acceptors (Lipinski definition) is 6. The van der Waals surface area contributed by atoms with Gasteiger partial charge in [-0.1, -0.05) is 0 Å². The Labute approximate surface area is 124 Å². The highest BCUT2D eigenvalue weighted by Crippen LogP contribution is 2.33. The summed E-state index contributed by atoms with van der Waals surface area (Å²) < 4.78 is 31.7. The van der Waals surface area contributed by atoms with Crippen molar-refractivity contribution in [2.45, 2.75) is 4.90 Å². The molecule has 0 spiro atoms. The lowest BCUT2D eigenvalue weighted by molar-refractivity contribution is 0.217. The molecule has 0 saturated carbocycles. The Kier molecular flexibility index (Phi) is 5.04. The molecule has 0 bridgehead atoms. The van der Waals surface area contributed by atoms with Gasteiger partial charge < -0.3 is 19.8 Å². The summed E-state index contributed by atoms with van der Waals surface area (Å²) in [4.78, 5) is 2.06. The van der Waals surface area contributed by atoms with E-state index in [1.54, 1.807) is 12.1 Å². The van der Waals surface area contributed by atoms with Crippen LogP contribution in [0.15, 0.2) is 23.1 Å². The van der Waals surface area contributed by atoms with E-state index in [9.17, 15) is 8.42 Å². The van der Waals surface area contributed by atoms with Crippen molar-refractivity contribution in [3.63, 3.8) is 0 Å². The van der Waals surface area contributed by atoms with Gasteiger partial charge in [-0.05, 0) is 18.2 Å². The maximum atomic E-state index is 12.5. The molecule has 0 aliphatic carbocycles. The van der Waals surface area contributed by atoms with E-state index in [2.05, 4.69) is 0 Å². The SMILES string of the molecule is CN1CCOc2ccc(S(=O)(=O)N(CCO)CCO)cc21. The largest absolute Gasteiger partial charge is 0.490 e. The second-order valence-corrected chi connectivity index (χ2v) is 6.69. The fourth-order valence-corrected chi connectivity index (χ4v) is 3.66. The van der Waals surface area contributed by atoms with E-state index in [0.29, 0.717) is 18.9 Å². The first-order valence-electron chi connectivity index (χ1n) is 6.70. The minimum absolute atomic E-state index is 0.0493. The molecule has 1 aromatic rings. The average molecular weight is 316 g/mol. The molecule has 1 aromatic carbocycles. The third kappa shape index (κ3) is 3.29. The van der Waals surface area contributed by atoms with Crippen molar-refractivity contribution < 1.29 is 23.4 Å². The predicted molar refractivity (Wildman–Crippen MR) is 78.1 cm³/mol. The Morgan fingerprint density at radius 2 is 1.95 bits per heavy atom. The fraction of sp³-hybridized carbons (Fsp3) is 0.538. The molecule has 0 unspecified atom stereocenters. The van der Waals surface area contributed by atoms with Gasteiger partial charge in [0.25, 0.3) is 0 Å². The van der Waals surface area contributed by atoms with Crippen LogP contribution < -0.4 is 9.64 Å². The Morgan fingerprint density at radius 1 is 1.29 bits per heavy atom. The number of ether oxygens (including phenoxy) is 1. The number of benzene rings is 1. The fourth-order valence-electron chi connectivity index (χ4n) is 2.22. The molecule has 2 rings (SSSR count). The standard InChI is InChI=1S/C13H20N2O5S/c1-14-6-9-20-13-3-2-11(10-12(13)14)21(18,19)15(4-7-16)5-8-17/h2-3,10,16-17H,4-9H2,1H3. The molecule has 2 N–H and O–H groups in total. The summed E-state index contributed by atoms with van der Waals surface area (Å²) in [7, 11) is -1.88. The molecule has 0 atom stereocenters. The number of aliphatic hydroxyl groups excluding tert-OH is 2. The Morgan fingerprint density at radius 3 is 2.57 bits per heavy atom. The van der Waals surface area contributed by atoms with E-state index in [-0.39, 0.29) is 31.2 Å². The first-order chi connectivity index (χ1) is 10.0. The molecule has 1 heterocycles. The molecule has 1 aliphatic heterocycles. The van der Waals surface area contributed by atoms with Gasteiger partial charge in [0.1, 0.15) is 12.4 Å². The number of aliphatic hydroxyl groups is 2. The van der Waals surface area contributed by atoms with Gasteiger partial charge in [-0.25, -0.2) is 8.42 Å². The molecule has 0 radical (unpaired) electrons. The van der Waals surface area contributed by atoms with Crippen LogP contribution in [0, 0.1) is 0 Å². The van der Waals surface area contributed by atoms with E-state index < -0.39 is 10.0 Å². The van der Waals surface area contributed by atoms with Gasteiger partial charge in [-0.2, -0.15) is 4.31 Å². The Bertz CT molecular complexity index is 584. The van der Waals surface area contributed by atoms with Crippen LogP contribution in [-0.2, 0) is 10.0 Å². The second-order valence-electron chi connectivity index (χ2n) is 4.75. The average Bonchev–Trinajstić information content (AvgIpc) is 2.47. The summed E-state index contributed by atoms with van der Waals surface area (Å²) in [6.45, 7) is 0.559. The molecule has 1 aliphatic rings. The summed E-state index contributed by atoms with van der Waals surface area (Å²) in [5.74, 6) is 0.651. The number of fused-ring (bicyclic) bond motifs is 1. The maximum Gasteiger partial charge on any atom is 0.243 e. The number of anilines is 1. The predicted octanol–water partition coefficient (Wildman–Crippen LogP) is -0.510. The lowest BCUT2D eigenvalue weighted by atomic mass is 10.2. The van der Waals surface area contributed by atoms with Gasteiger partial charge in [0.2, 0.25) is 10.0 Å². The molecular formula is C13H20N2O5S. The van der Waals surface area contributed by atoms with Crippen LogP contribution in [0.2, 0.25) is 0 Å². The lowest BCUT2D eigenvalue weighted by Gasteiger charge is -2.28. The summed E-state index contributed by atoms with van der Waals surface area (Å²) in [5, 5.41) is 18.0.